The molecular formula is C18H14ClN3O3. The Labute approximate surface area is 149 Å². The third-order valence-corrected chi connectivity index (χ3v) is 3.55. The monoisotopic (exact) mass is 355 g/mol. The van der Waals surface area contributed by atoms with Crippen molar-refractivity contribution in [3.05, 3.63) is 58.9 Å². The number of carbonyl (C=O) groups is 1. The number of ether oxygens (including phenoxy) is 1. The zero-order valence-corrected chi connectivity index (χ0v) is 14.0. The van der Waals surface area contributed by atoms with E-state index in [2.05, 4.69) is 21.2 Å². The van der Waals surface area contributed by atoms with Crippen LogP contribution >= 0.6 is 11.6 Å². The molecular weight excluding hydrogens is 342 g/mol. The molecule has 0 aliphatic carbocycles. The van der Waals surface area contributed by atoms with E-state index < -0.39 is 5.97 Å². The van der Waals surface area contributed by atoms with Crippen LogP contribution in [0.1, 0.15) is 15.9 Å². The molecule has 3 N–H and O–H groups in total. The summed E-state index contributed by atoms with van der Waals surface area (Å²) in [5.74, 6) is 2.61. The van der Waals surface area contributed by atoms with Crippen molar-refractivity contribution in [3.63, 3.8) is 0 Å². The SMILES string of the molecule is C#Cc1cccc(Nc2nc(Cl)nc3ccc(C(=O)OC)cc23)c1.O. The Morgan fingerprint density at radius 2 is 2.04 bits per heavy atom. The number of hydrogen-bond acceptors (Lipinski definition) is 5. The van der Waals surface area contributed by atoms with Gasteiger partial charge in [0.05, 0.1) is 18.2 Å². The molecule has 7 heteroatoms. The molecule has 0 spiro atoms. The number of fused-ring (bicyclic) bond motifs is 1. The standard InChI is InChI=1S/C18H12ClN3O2.H2O/c1-3-11-5-4-6-13(9-11)20-16-14-10-12(17(23)24-2)7-8-15(14)21-18(19)22-16;/h1,4-10H,2H3,(H,20,21,22);1H2. The minimum atomic E-state index is -0.438. The van der Waals surface area contributed by atoms with Gasteiger partial charge < -0.3 is 15.5 Å². The molecule has 25 heavy (non-hydrogen) atoms. The predicted molar refractivity (Wildman–Crippen MR) is 97.2 cm³/mol. The number of hydrogen-bond donors (Lipinski definition) is 1. The number of methoxy groups -OCH3 is 1. The Morgan fingerprint density at radius 1 is 1.24 bits per heavy atom. The van der Waals surface area contributed by atoms with Crippen LogP contribution in [0.4, 0.5) is 11.5 Å². The highest BCUT2D eigenvalue weighted by molar-refractivity contribution is 6.28. The molecule has 0 fully saturated rings. The predicted octanol–water partition coefficient (Wildman–Crippen LogP) is 2.97. The Morgan fingerprint density at radius 3 is 2.76 bits per heavy atom. The summed E-state index contributed by atoms with van der Waals surface area (Å²) < 4.78 is 4.75. The summed E-state index contributed by atoms with van der Waals surface area (Å²) in [6, 6.07) is 12.3. The first-order valence-electron chi connectivity index (χ1n) is 7.00. The molecule has 0 radical (unpaired) electrons. The van der Waals surface area contributed by atoms with Crippen molar-refractivity contribution in [2.45, 2.75) is 0 Å². The Bertz CT molecular complexity index is 983. The Balaban J connectivity index is 0.00000225. The van der Waals surface area contributed by atoms with Crippen molar-refractivity contribution in [2.24, 2.45) is 0 Å². The first-order chi connectivity index (χ1) is 11.6. The van der Waals surface area contributed by atoms with Gasteiger partial charge in [0.15, 0.2) is 0 Å². The van der Waals surface area contributed by atoms with Crippen LogP contribution in [0.25, 0.3) is 10.9 Å². The number of aromatic nitrogens is 2. The van der Waals surface area contributed by atoms with Crippen molar-refractivity contribution < 1.29 is 15.0 Å². The fraction of sp³-hybridized carbons (Fsp3) is 0.0556. The highest BCUT2D eigenvalue weighted by Gasteiger charge is 2.12. The molecule has 0 aliphatic heterocycles. The van der Waals surface area contributed by atoms with Crippen molar-refractivity contribution in [1.82, 2.24) is 9.97 Å². The van der Waals surface area contributed by atoms with E-state index in [1.54, 1.807) is 18.2 Å². The lowest BCUT2D eigenvalue weighted by Gasteiger charge is -2.10. The zero-order valence-electron chi connectivity index (χ0n) is 13.2. The molecule has 0 bridgehead atoms. The summed E-state index contributed by atoms with van der Waals surface area (Å²) in [6.45, 7) is 0. The molecule has 2 aromatic carbocycles. The maximum atomic E-state index is 11.7. The van der Waals surface area contributed by atoms with E-state index in [1.807, 2.05) is 24.3 Å². The van der Waals surface area contributed by atoms with Crippen LogP contribution in [0, 0.1) is 12.3 Å². The Kier molecular flexibility index (Phi) is 5.55. The summed E-state index contributed by atoms with van der Waals surface area (Å²) >= 11 is 5.99. The van der Waals surface area contributed by atoms with Crippen molar-refractivity contribution in [2.75, 3.05) is 12.4 Å². The average molecular weight is 356 g/mol. The summed E-state index contributed by atoms with van der Waals surface area (Å²) in [7, 11) is 1.33. The molecule has 0 atom stereocenters. The number of nitrogens with one attached hydrogen (secondary N) is 1. The molecule has 0 saturated heterocycles. The lowest BCUT2D eigenvalue weighted by molar-refractivity contribution is 0.0601. The van der Waals surface area contributed by atoms with Gasteiger partial charge >= 0.3 is 5.97 Å². The maximum Gasteiger partial charge on any atom is 0.337 e. The molecule has 6 nitrogen and oxygen atoms in total. The molecule has 0 saturated carbocycles. The van der Waals surface area contributed by atoms with Gasteiger partial charge in [-0.25, -0.2) is 9.78 Å². The minimum Gasteiger partial charge on any atom is -0.465 e. The van der Waals surface area contributed by atoms with Crippen molar-refractivity contribution in [3.8, 4) is 12.3 Å². The summed E-state index contributed by atoms with van der Waals surface area (Å²) in [5.41, 5.74) is 2.50. The third kappa shape index (κ3) is 3.86. The van der Waals surface area contributed by atoms with E-state index in [9.17, 15) is 4.79 Å². The number of carbonyl (C=O) groups excluding carboxylic acids is 1. The van der Waals surface area contributed by atoms with E-state index in [-0.39, 0.29) is 10.8 Å². The van der Waals surface area contributed by atoms with E-state index >= 15 is 0 Å². The molecule has 3 aromatic rings. The number of esters is 1. The van der Waals surface area contributed by atoms with Gasteiger partial charge in [-0.1, -0.05) is 12.0 Å². The zero-order chi connectivity index (χ0) is 17.1. The van der Waals surface area contributed by atoms with Gasteiger partial charge in [0.1, 0.15) is 5.82 Å². The van der Waals surface area contributed by atoms with Crippen LogP contribution in [0.3, 0.4) is 0 Å². The number of nitrogens with zero attached hydrogens (tertiary/aromatic N) is 2. The highest BCUT2D eigenvalue weighted by atomic mass is 35.5. The van der Waals surface area contributed by atoms with Crippen LogP contribution < -0.4 is 5.32 Å². The smallest absolute Gasteiger partial charge is 0.337 e. The minimum absolute atomic E-state index is 0. The molecule has 1 heterocycles. The summed E-state index contributed by atoms with van der Waals surface area (Å²) in [5, 5.41) is 3.91. The molecule has 126 valence electrons. The first kappa shape index (κ1) is 18.2. The van der Waals surface area contributed by atoms with E-state index in [0.717, 1.165) is 11.3 Å². The normalized spacial score (nSPS) is 9.80. The number of anilines is 2. The molecule has 3 rings (SSSR count). The summed E-state index contributed by atoms with van der Waals surface area (Å²) in [6.07, 6.45) is 5.42. The molecule has 0 amide bonds. The van der Waals surface area contributed by atoms with Gasteiger partial charge in [-0.3, -0.25) is 0 Å². The van der Waals surface area contributed by atoms with Gasteiger partial charge in [0, 0.05) is 16.6 Å². The van der Waals surface area contributed by atoms with Gasteiger partial charge in [-0.15, -0.1) is 6.42 Å². The molecule has 1 aromatic heterocycles. The van der Waals surface area contributed by atoms with Crippen LogP contribution in [-0.4, -0.2) is 28.5 Å². The average Bonchev–Trinajstić information content (AvgIpc) is 2.60. The van der Waals surface area contributed by atoms with Crippen LogP contribution in [0.2, 0.25) is 5.28 Å². The second-order valence-corrected chi connectivity index (χ2v) is 5.25. The second-order valence-electron chi connectivity index (χ2n) is 4.91. The second kappa shape index (κ2) is 7.62. The maximum absolute atomic E-state index is 11.7. The van der Waals surface area contributed by atoms with Crippen molar-refractivity contribution >= 4 is 40.0 Å². The third-order valence-electron chi connectivity index (χ3n) is 3.38. The summed E-state index contributed by atoms with van der Waals surface area (Å²) in [4.78, 5) is 20.1. The largest absolute Gasteiger partial charge is 0.465 e. The number of rotatable bonds is 3. The lowest BCUT2D eigenvalue weighted by atomic mass is 10.1. The van der Waals surface area contributed by atoms with Crippen LogP contribution in [0.5, 0.6) is 0 Å². The van der Waals surface area contributed by atoms with E-state index in [0.29, 0.717) is 22.3 Å². The van der Waals surface area contributed by atoms with Gasteiger partial charge in [-0.05, 0) is 48.0 Å². The van der Waals surface area contributed by atoms with Gasteiger partial charge in [0.25, 0.3) is 0 Å². The van der Waals surface area contributed by atoms with Crippen molar-refractivity contribution in [1.29, 1.82) is 0 Å². The van der Waals surface area contributed by atoms with Crippen LogP contribution in [-0.2, 0) is 4.74 Å². The van der Waals surface area contributed by atoms with Crippen LogP contribution in [0.15, 0.2) is 42.5 Å². The Hall–Kier alpha value is -3.14. The number of benzene rings is 2. The number of halogens is 1. The number of terminal acetylenes is 1. The first-order valence-corrected chi connectivity index (χ1v) is 7.38. The highest BCUT2D eigenvalue weighted by Crippen LogP contribution is 2.26. The van der Waals surface area contributed by atoms with E-state index in [1.165, 1.54) is 7.11 Å². The molecule has 0 unspecified atom stereocenters. The van der Waals surface area contributed by atoms with Gasteiger partial charge in [0.2, 0.25) is 5.28 Å². The quantitative estimate of drug-likeness (QED) is 0.442. The topological polar surface area (TPSA) is 95.6 Å². The lowest BCUT2D eigenvalue weighted by Crippen LogP contribution is -2.03. The fourth-order valence-corrected chi connectivity index (χ4v) is 2.44. The van der Waals surface area contributed by atoms with E-state index in [4.69, 9.17) is 22.8 Å². The van der Waals surface area contributed by atoms with Gasteiger partial charge in [-0.2, -0.15) is 4.98 Å². The molecule has 0 aliphatic rings. The fourth-order valence-electron chi connectivity index (χ4n) is 2.26.